The van der Waals surface area contributed by atoms with Crippen molar-refractivity contribution in [2.45, 2.75) is 38.1 Å². The third kappa shape index (κ3) is 3.27. The fraction of sp³-hybridized carbons (Fsp3) is 0.467. The number of para-hydroxylation sites is 1. The molecule has 0 spiro atoms. The van der Waals surface area contributed by atoms with E-state index in [0.29, 0.717) is 10.2 Å². The van der Waals surface area contributed by atoms with Gasteiger partial charge in [-0.05, 0) is 53.9 Å². The summed E-state index contributed by atoms with van der Waals surface area (Å²) in [5, 5.41) is 15.3. The summed E-state index contributed by atoms with van der Waals surface area (Å²) in [4.78, 5) is 24.0. The normalized spacial score (nSPS) is 21.2. The van der Waals surface area contributed by atoms with Gasteiger partial charge in [0.25, 0.3) is 0 Å². The zero-order chi connectivity index (χ0) is 15.5. The van der Waals surface area contributed by atoms with Crippen molar-refractivity contribution in [2.24, 2.45) is 0 Å². The van der Waals surface area contributed by atoms with Gasteiger partial charge in [-0.1, -0.05) is 19.4 Å². The number of carbonyl (C=O) groups excluding carboxylic acids is 1. The number of carboxylic acids is 1. The van der Waals surface area contributed by atoms with Crippen LogP contribution in [-0.4, -0.2) is 29.1 Å². The molecule has 0 bridgehead atoms. The molecule has 0 saturated carbocycles. The molecule has 5 nitrogen and oxygen atoms in total. The summed E-state index contributed by atoms with van der Waals surface area (Å²) in [5.41, 5.74) is -0.179. The van der Waals surface area contributed by atoms with Crippen LogP contribution in [0.1, 0.15) is 43.0 Å². The highest BCUT2D eigenvalue weighted by atomic mass is 79.9. The smallest absolute Gasteiger partial charge is 0.337 e. The summed E-state index contributed by atoms with van der Waals surface area (Å²) in [6, 6.07) is 4.84. The Morgan fingerprint density at radius 1 is 1.48 bits per heavy atom. The molecule has 0 radical (unpaired) electrons. The molecule has 1 unspecified atom stereocenters. The van der Waals surface area contributed by atoms with E-state index in [0.717, 1.165) is 32.2 Å². The van der Waals surface area contributed by atoms with Crippen molar-refractivity contribution in [3.05, 3.63) is 28.2 Å². The topological polar surface area (TPSA) is 78.4 Å². The molecular weight excluding hydrogens is 336 g/mol. The Labute approximate surface area is 132 Å². The van der Waals surface area contributed by atoms with Gasteiger partial charge in [-0.25, -0.2) is 4.79 Å². The van der Waals surface area contributed by atoms with Gasteiger partial charge < -0.3 is 15.7 Å². The van der Waals surface area contributed by atoms with Crippen LogP contribution < -0.4 is 10.6 Å². The van der Waals surface area contributed by atoms with E-state index >= 15 is 0 Å². The maximum absolute atomic E-state index is 12.7. The van der Waals surface area contributed by atoms with Crippen molar-refractivity contribution in [2.75, 3.05) is 11.9 Å². The number of benzene rings is 1. The zero-order valence-electron chi connectivity index (χ0n) is 11.9. The van der Waals surface area contributed by atoms with E-state index in [1.54, 1.807) is 12.1 Å². The van der Waals surface area contributed by atoms with E-state index in [1.807, 2.05) is 6.92 Å². The highest BCUT2D eigenvalue weighted by molar-refractivity contribution is 9.10. The molecule has 0 aromatic heterocycles. The molecule has 1 heterocycles. The summed E-state index contributed by atoms with van der Waals surface area (Å²) in [6.07, 6.45) is 3.36. The van der Waals surface area contributed by atoms with Gasteiger partial charge in [0.05, 0.1) is 16.8 Å². The maximum atomic E-state index is 12.7. The fourth-order valence-electron chi connectivity index (χ4n) is 2.82. The molecular formula is C15H19BrN2O3. The Balaban J connectivity index is 2.29. The molecule has 0 aliphatic carbocycles. The summed E-state index contributed by atoms with van der Waals surface area (Å²) in [7, 11) is 0. The summed E-state index contributed by atoms with van der Waals surface area (Å²) < 4.78 is 0.570. The van der Waals surface area contributed by atoms with Crippen molar-refractivity contribution in [1.29, 1.82) is 0 Å². The number of halogens is 1. The van der Waals surface area contributed by atoms with Crippen molar-refractivity contribution < 1.29 is 14.7 Å². The number of aromatic carboxylic acids is 1. The molecule has 21 heavy (non-hydrogen) atoms. The van der Waals surface area contributed by atoms with Crippen LogP contribution in [0.3, 0.4) is 0 Å². The Kier molecular flexibility index (Phi) is 5.00. The number of rotatable bonds is 5. The van der Waals surface area contributed by atoms with Crippen molar-refractivity contribution in [3.8, 4) is 0 Å². The Bertz CT molecular complexity index is 554. The molecule has 1 aliphatic rings. The summed E-state index contributed by atoms with van der Waals surface area (Å²) in [5.74, 6) is -1.22. The van der Waals surface area contributed by atoms with Crippen LogP contribution in [-0.2, 0) is 4.79 Å². The minimum atomic E-state index is -1.06. The van der Waals surface area contributed by atoms with Gasteiger partial charge in [-0.2, -0.15) is 0 Å². The first kappa shape index (κ1) is 16.0. The molecule has 1 aliphatic heterocycles. The average molecular weight is 355 g/mol. The Morgan fingerprint density at radius 2 is 2.24 bits per heavy atom. The second-order valence-electron chi connectivity index (χ2n) is 5.28. The average Bonchev–Trinajstić information content (AvgIpc) is 2.91. The number of amides is 1. The second-order valence-corrected chi connectivity index (χ2v) is 6.14. The van der Waals surface area contributed by atoms with Crippen molar-refractivity contribution >= 4 is 33.5 Å². The predicted octanol–water partition coefficient (Wildman–Crippen LogP) is 3.01. The van der Waals surface area contributed by atoms with E-state index in [-0.39, 0.29) is 11.5 Å². The maximum Gasteiger partial charge on any atom is 0.337 e. The van der Waals surface area contributed by atoms with E-state index < -0.39 is 11.5 Å². The molecule has 1 fully saturated rings. The minimum Gasteiger partial charge on any atom is -0.478 e. The molecule has 114 valence electrons. The summed E-state index contributed by atoms with van der Waals surface area (Å²) >= 11 is 3.31. The molecule has 1 aromatic rings. The fourth-order valence-corrected chi connectivity index (χ4v) is 3.28. The second kappa shape index (κ2) is 6.58. The van der Waals surface area contributed by atoms with Gasteiger partial charge in [0.15, 0.2) is 0 Å². The minimum absolute atomic E-state index is 0.0855. The largest absolute Gasteiger partial charge is 0.478 e. The lowest BCUT2D eigenvalue weighted by molar-refractivity contribution is -0.122. The first-order valence-corrected chi connectivity index (χ1v) is 7.88. The predicted molar refractivity (Wildman–Crippen MR) is 84.6 cm³/mol. The van der Waals surface area contributed by atoms with Gasteiger partial charge >= 0.3 is 5.97 Å². The number of hydrogen-bond donors (Lipinski definition) is 3. The van der Waals surface area contributed by atoms with Crippen LogP contribution in [0.4, 0.5) is 5.69 Å². The first-order valence-electron chi connectivity index (χ1n) is 7.08. The summed E-state index contributed by atoms with van der Waals surface area (Å²) in [6.45, 7) is 2.85. The third-order valence-corrected chi connectivity index (χ3v) is 4.50. The van der Waals surface area contributed by atoms with Crippen LogP contribution >= 0.6 is 15.9 Å². The molecule has 3 N–H and O–H groups in total. The number of carbonyl (C=O) groups is 2. The van der Waals surface area contributed by atoms with Gasteiger partial charge in [0.1, 0.15) is 0 Å². The van der Waals surface area contributed by atoms with Gasteiger partial charge in [0.2, 0.25) is 5.91 Å². The number of hydrogen-bond acceptors (Lipinski definition) is 3. The van der Waals surface area contributed by atoms with E-state index in [2.05, 4.69) is 26.6 Å². The van der Waals surface area contributed by atoms with Gasteiger partial charge in [-0.3, -0.25) is 4.79 Å². The van der Waals surface area contributed by atoms with E-state index in [9.17, 15) is 14.7 Å². The van der Waals surface area contributed by atoms with Gasteiger partial charge in [0, 0.05) is 4.47 Å². The molecule has 1 saturated heterocycles. The van der Waals surface area contributed by atoms with Crippen LogP contribution in [0.25, 0.3) is 0 Å². The lowest BCUT2D eigenvalue weighted by Crippen LogP contribution is -2.50. The number of nitrogens with one attached hydrogen (secondary N) is 2. The molecule has 2 rings (SSSR count). The SMILES string of the molecule is CCCC1(C(=O)Nc2c(Br)cccc2C(=O)O)CCCN1. The standard InChI is InChI=1S/C15H19BrN2O3/c1-2-7-15(8-4-9-17-15)14(21)18-12-10(13(19)20)5-3-6-11(12)16/h3,5-6,17H,2,4,7-9H2,1H3,(H,18,21)(H,19,20). The zero-order valence-corrected chi connectivity index (χ0v) is 13.5. The van der Waals surface area contributed by atoms with Crippen LogP contribution in [0.15, 0.2) is 22.7 Å². The van der Waals surface area contributed by atoms with E-state index in [1.165, 1.54) is 6.07 Å². The number of carboxylic acid groups (broad SMARTS) is 1. The highest BCUT2D eigenvalue weighted by Gasteiger charge is 2.40. The lowest BCUT2D eigenvalue weighted by Gasteiger charge is -2.28. The first-order chi connectivity index (χ1) is 10.00. The van der Waals surface area contributed by atoms with Crippen molar-refractivity contribution in [3.63, 3.8) is 0 Å². The third-order valence-electron chi connectivity index (χ3n) is 3.84. The van der Waals surface area contributed by atoms with E-state index in [4.69, 9.17) is 0 Å². The highest BCUT2D eigenvalue weighted by Crippen LogP contribution is 2.31. The monoisotopic (exact) mass is 354 g/mol. The van der Waals surface area contributed by atoms with Crippen LogP contribution in [0.5, 0.6) is 0 Å². The van der Waals surface area contributed by atoms with Crippen LogP contribution in [0.2, 0.25) is 0 Å². The Morgan fingerprint density at radius 3 is 2.81 bits per heavy atom. The van der Waals surface area contributed by atoms with Crippen LogP contribution in [0, 0.1) is 0 Å². The lowest BCUT2D eigenvalue weighted by atomic mass is 9.90. The molecule has 1 amide bonds. The molecule has 1 atom stereocenters. The van der Waals surface area contributed by atoms with Crippen molar-refractivity contribution in [1.82, 2.24) is 5.32 Å². The molecule has 6 heteroatoms. The van der Waals surface area contributed by atoms with Gasteiger partial charge in [-0.15, -0.1) is 0 Å². The molecule has 1 aromatic carbocycles. The Hall–Kier alpha value is -1.40. The number of anilines is 1. The quantitative estimate of drug-likeness (QED) is 0.759.